The van der Waals surface area contributed by atoms with Gasteiger partial charge in [0.2, 0.25) is 11.7 Å². The van der Waals surface area contributed by atoms with Crippen molar-refractivity contribution in [2.24, 2.45) is 0 Å². The highest BCUT2D eigenvalue weighted by atomic mass is 16.3. The van der Waals surface area contributed by atoms with Crippen LogP contribution >= 0.6 is 0 Å². The predicted octanol–water partition coefficient (Wildman–Crippen LogP) is 3.28. The molecule has 1 N–H and O–H groups in total. The monoisotopic (exact) mass is 479 g/mol. The van der Waals surface area contributed by atoms with E-state index in [0.717, 1.165) is 24.8 Å². The summed E-state index contributed by atoms with van der Waals surface area (Å²) < 4.78 is 5.63. The number of hydrogen-bond donors (Lipinski definition) is 1. The van der Waals surface area contributed by atoms with E-state index in [4.69, 9.17) is 0 Å². The van der Waals surface area contributed by atoms with Gasteiger partial charge in [0.25, 0.3) is 11.1 Å². The van der Waals surface area contributed by atoms with Gasteiger partial charge in [0, 0.05) is 26.1 Å². The molecule has 0 aliphatic carbocycles. The Morgan fingerprint density at radius 2 is 1.46 bits per heavy atom. The number of imidazole rings is 1. The van der Waals surface area contributed by atoms with Crippen molar-refractivity contribution in [3.63, 3.8) is 0 Å². The van der Waals surface area contributed by atoms with Crippen LogP contribution in [-0.4, -0.2) is 28.2 Å². The summed E-state index contributed by atoms with van der Waals surface area (Å²) in [6.45, 7) is 7.03. The number of hydrogen-bond acceptors (Lipinski definition) is 5. The summed E-state index contributed by atoms with van der Waals surface area (Å²) in [6.07, 6.45) is 3.98. The Kier molecular flexibility index (Phi) is 7.23. The fourth-order valence-corrected chi connectivity index (χ4v) is 4.51. The summed E-state index contributed by atoms with van der Waals surface area (Å²) in [7, 11) is 0. The number of fused-ring (bicyclic) bond motifs is 3. The van der Waals surface area contributed by atoms with Gasteiger partial charge < -0.3 is 5.11 Å². The van der Waals surface area contributed by atoms with Crippen LogP contribution in [-0.2, 0) is 26.1 Å². The maximum absolute atomic E-state index is 13.6. The smallest absolute Gasteiger partial charge is 0.332 e. The number of aromatic nitrogens is 5. The first-order valence-electron chi connectivity index (χ1n) is 12.5. The fraction of sp³-hybridized carbons (Fsp3) is 0.462. The zero-order valence-electron chi connectivity index (χ0n) is 20.7. The third kappa shape index (κ3) is 4.31. The molecule has 4 aromatic rings. The lowest BCUT2D eigenvalue weighted by atomic mass is 10.1. The van der Waals surface area contributed by atoms with Gasteiger partial charge in [-0.15, -0.1) is 0 Å². The molecule has 0 saturated carbocycles. The molecule has 35 heavy (non-hydrogen) atoms. The van der Waals surface area contributed by atoms with E-state index in [1.54, 1.807) is 0 Å². The van der Waals surface area contributed by atoms with Gasteiger partial charge in [-0.2, -0.15) is 4.98 Å². The van der Waals surface area contributed by atoms with Crippen LogP contribution in [0.3, 0.4) is 0 Å². The van der Waals surface area contributed by atoms with Crippen molar-refractivity contribution in [2.45, 2.75) is 78.9 Å². The normalized spacial score (nSPS) is 11.6. The molecule has 0 unspecified atom stereocenters. The van der Waals surface area contributed by atoms with Gasteiger partial charge in [-0.05, 0) is 24.8 Å². The molecule has 0 radical (unpaired) electrons. The minimum atomic E-state index is -0.499. The van der Waals surface area contributed by atoms with Crippen LogP contribution in [0.15, 0.2) is 44.7 Å². The fourth-order valence-electron chi connectivity index (χ4n) is 4.51. The second-order valence-corrected chi connectivity index (χ2v) is 8.94. The Hall–Kier alpha value is -3.62. The summed E-state index contributed by atoms with van der Waals surface area (Å²) in [4.78, 5) is 45.0. The molecule has 3 heterocycles. The largest absolute Gasteiger partial charge is 0.494 e. The topological polar surface area (TPSA) is 104 Å². The van der Waals surface area contributed by atoms with Crippen molar-refractivity contribution in [3.8, 4) is 5.88 Å². The highest BCUT2D eigenvalue weighted by Gasteiger charge is 2.25. The third-order valence-electron chi connectivity index (χ3n) is 6.37. The highest BCUT2D eigenvalue weighted by molar-refractivity contribution is 5.76. The first-order chi connectivity index (χ1) is 16.9. The van der Waals surface area contributed by atoms with Crippen LogP contribution in [0.25, 0.3) is 16.9 Å². The summed E-state index contributed by atoms with van der Waals surface area (Å²) in [5, 5.41) is 11.4. The summed E-state index contributed by atoms with van der Waals surface area (Å²) in [6, 6.07) is 9.42. The Balaban J connectivity index is 2.13. The zero-order valence-corrected chi connectivity index (χ0v) is 20.7. The molecule has 9 nitrogen and oxygen atoms in total. The maximum atomic E-state index is 13.6. The van der Waals surface area contributed by atoms with Crippen LogP contribution in [0.5, 0.6) is 5.88 Å². The molecule has 0 amide bonds. The van der Waals surface area contributed by atoms with Gasteiger partial charge in [-0.3, -0.25) is 23.3 Å². The molecule has 0 saturated heterocycles. The Bertz CT molecular complexity index is 1530. The second kappa shape index (κ2) is 10.3. The van der Waals surface area contributed by atoms with Crippen LogP contribution in [0.1, 0.15) is 64.0 Å². The van der Waals surface area contributed by atoms with Crippen molar-refractivity contribution < 1.29 is 5.11 Å². The van der Waals surface area contributed by atoms with E-state index in [9.17, 15) is 19.5 Å². The number of rotatable bonds is 10. The molecule has 4 rings (SSSR count). The lowest BCUT2D eigenvalue weighted by molar-refractivity contribution is 0.434. The van der Waals surface area contributed by atoms with Crippen molar-refractivity contribution in [1.82, 2.24) is 23.1 Å². The minimum absolute atomic E-state index is 0.128. The third-order valence-corrected chi connectivity index (χ3v) is 6.37. The van der Waals surface area contributed by atoms with Gasteiger partial charge in [0.15, 0.2) is 11.2 Å². The molecule has 9 heteroatoms. The van der Waals surface area contributed by atoms with Crippen LogP contribution in [0.4, 0.5) is 0 Å². The van der Waals surface area contributed by atoms with E-state index in [0.29, 0.717) is 25.9 Å². The number of nitrogens with zero attached hydrogens (tertiary/aromatic N) is 5. The van der Waals surface area contributed by atoms with E-state index >= 15 is 0 Å². The van der Waals surface area contributed by atoms with E-state index in [-0.39, 0.29) is 46.9 Å². The lowest BCUT2D eigenvalue weighted by Gasteiger charge is -2.13. The number of unbranched alkanes of at least 4 members (excludes halogenated alkanes) is 2. The average molecular weight is 480 g/mol. The molecule has 0 aliphatic rings. The van der Waals surface area contributed by atoms with Crippen molar-refractivity contribution in [3.05, 3.63) is 72.7 Å². The first-order valence-corrected chi connectivity index (χ1v) is 12.5. The number of benzene rings is 1. The van der Waals surface area contributed by atoms with Crippen molar-refractivity contribution >= 4 is 16.9 Å². The summed E-state index contributed by atoms with van der Waals surface area (Å²) >= 11 is 0. The molecular formula is C26H33N5O4. The molecule has 1 aromatic carbocycles. The zero-order chi connectivity index (χ0) is 25.1. The van der Waals surface area contributed by atoms with Crippen LogP contribution in [0, 0.1) is 0 Å². The molecule has 186 valence electrons. The molecule has 0 fully saturated rings. The van der Waals surface area contributed by atoms with Gasteiger partial charge in [-0.1, -0.05) is 63.9 Å². The van der Waals surface area contributed by atoms with Crippen LogP contribution < -0.4 is 16.8 Å². The first kappa shape index (κ1) is 24.5. The van der Waals surface area contributed by atoms with E-state index in [1.807, 2.05) is 51.1 Å². The van der Waals surface area contributed by atoms with Gasteiger partial charge in [0.05, 0.1) is 5.56 Å². The van der Waals surface area contributed by atoms with Crippen molar-refractivity contribution in [1.29, 1.82) is 0 Å². The molecule has 3 aromatic heterocycles. The predicted molar refractivity (Wildman–Crippen MR) is 136 cm³/mol. The average Bonchev–Trinajstić information content (AvgIpc) is 3.25. The Labute approximate surface area is 202 Å². The molecule has 0 aliphatic heterocycles. The quantitative estimate of drug-likeness (QED) is 0.376. The van der Waals surface area contributed by atoms with Crippen molar-refractivity contribution in [2.75, 3.05) is 0 Å². The standard InChI is InChI=1S/C26H33N5O4/c1-4-7-15-28-21-20(24(34)30(26(28)35)16-8-5-2)31-23(33)19(17-18-12-10-9-11-13-18)22(32)29(14-6-3)25(31)27-21/h9-13,33H,4-8,14-17H2,1-3H3. The molecule has 0 bridgehead atoms. The van der Waals surface area contributed by atoms with Gasteiger partial charge >= 0.3 is 5.69 Å². The van der Waals surface area contributed by atoms with Gasteiger partial charge in [-0.25, -0.2) is 9.20 Å². The number of aromatic hydroxyl groups is 1. The summed E-state index contributed by atoms with van der Waals surface area (Å²) in [5.41, 5.74) is 0.155. The summed E-state index contributed by atoms with van der Waals surface area (Å²) in [5.74, 6) is -0.125. The maximum Gasteiger partial charge on any atom is 0.332 e. The highest BCUT2D eigenvalue weighted by Crippen LogP contribution is 2.23. The van der Waals surface area contributed by atoms with Crippen LogP contribution in [0.2, 0.25) is 0 Å². The Morgan fingerprint density at radius 3 is 2.09 bits per heavy atom. The SMILES string of the molecule is CCCCn1c(=O)c2c(nc3n(CCC)c(=O)c(Cc4ccccc4)c(O)n23)n(CCCC)c1=O. The van der Waals surface area contributed by atoms with Gasteiger partial charge in [0.1, 0.15) is 0 Å². The van der Waals surface area contributed by atoms with E-state index in [1.165, 1.54) is 18.1 Å². The Morgan fingerprint density at radius 1 is 0.800 bits per heavy atom. The lowest BCUT2D eigenvalue weighted by Crippen LogP contribution is -2.40. The minimum Gasteiger partial charge on any atom is -0.494 e. The van der Waals surface area contributed by atoms with E-state index < -0.39 is 11.2 Å². The molecular weight excluding hydrogens is 446 g/mol. The number of aryl methyl sites for hydroxylation is 2. The second-order valence-electron chi connectivity index (χ2n) is 8.94. The molecule has 0 spiro atoms. The molecule has 0 atom stereocenters. The van der Waals surface area contributed by atoms with E-state index in [2.05, 4.69) is 4.98 Å².